The maximum Gasteiger partial charge on any atom is 0.0363 e. The minimum absolute atomic E-state index is 0.597. The predicted molar refractivity (Wildman–Crippen MR) is 84.7 cm³/mol. The lowest BCUT2D eigenvalue weighted by Gasteiger charge is -2.39. The molecule has 1 aliphatic heterocycles. The maximum absolute atomic E-state index is 3.57. The van der Waals surface area contributed by atoms with Gasteiger partial charge in [0, 0.05) is 18.6 Å². The zero-order valence-electron chi connectivity index (χ0n) is 12.9. The van der Waals surface area contributed by atoms with Gasteiger partial charge in [-0.3, -0.25) is 4.90 Å². The van der Waals surface area contributed by atoms with Gasteiger partial charge in [-0.05, 0) is 62.7 Å². The third kappa shape index (κ3) is 2.91. The van der Waals surface area contributed by atoms with Crippen molar-refractivity contribution in [1.82, 2.24) is 10.2 Å². The van der Waals surface area contributed by atoms with Gasteiger partial charge in [-0.2, -0.15) is 0 Å². The fraction of sp³-hybridized carbons (Fsp3) is 0.667. The highest BCUT2D eigenvalue weighted by Crippen LogP contribution is 2.34. The van der Waals surface area contributed by atoms with Crippen molar-refractivity contribution in [3.8, 4) is 0 Å². The second-order valence-corrected chi connectivity index (χ2v) is 6.76. The molecule has 0 bridgehead atoms. The molecule has 20 heavy (non-hydrogen) atoms. The zero-order valence-corrected chi connectivity index (χ0v) is 12.9. The van der Waals surface area contributed by atoms with E-state index in [1.165, 1.54) is 37.7 Å². The van der Waals surface area contributed by atoms with Crippen LogP contribution in [0.4, 0.5) is 0 Å². The fourth-order valence-corrected chi connectivity index (χ4v) is 3.96. The lowest BCUT2D eigenvalue weighted by molar-refractivity contribution is 0.119. The lowest BCUT2D eigenvalue weighted by atomic mass is 9.85. The molecule has 2 aliphatic rings. The van der Waals surface area contributed by atoms with E-state index in [0.29, 0.717) is 6.04 Å². The summed E-state index contributed by atoms with van der Waals surface area (Å²) in [4.78, 5) is 2.68. The second kappa shape index (κ2) is 6.28. The van der Waals surface area contributed by atoms with Gasteiger partial charge in [-0.25, -0.2) is 0 Å². The van der Waals surface area contributed by atoms with E-state index in [2.05, 4.69) is 48.5 Å². The van der Waals surface area contributed by atoms with Gasteiger partial charge in [0.2, 0.25) is 0 Å². The lowest BCUT2D eigenvalue weighted by Crippen LogP contribution is -2.38. The first-order chi connectivity index (χ1) is 9.75. The Morgan fingerprint density at radius 2 is 1.80 bits per heavy atom. The molecule has 1 atom stereocenters. The molecule has 0 spiro atoms. The Morgan fingerprint density at radius 1 is 1.05 bits per heavy atom. The molecule has 0 amide bonds. The molecule has 2 nitrogen and oxygen atoms in total. The summed E-state index contributed by atoms with van der Waals surface area (Å²) in [6.45, 7) is 4.57. The van der Waals surface area contributed by atoms with Crippen molar-refractivity contribution in [1.29, 1.82) is 0 Å². The quantitative estimate of drug-likeness (QED) is 0.882. The first kappa shape index (κ1) is 14.1. The van der Waals surface area contributed by atoms with E-state index in [1.54, 1.807) is 5.56 Å². The minimum atomic E-state index is 0.597. The van der Waals surface area contributed by atoms with Gasteiger partial charge in [0.05, 0.1) is 0 Å². The summed E-state index contributed by atoms with van der Waals surface area (Å²) >= 11 is 0. The number of benzene rings is 1. The van der Waals surface area contributed by atoms with E-state index in [9.17, 15) is 0 Å². The van der Waals surface area contributed by atoms with Gasteiger partial charge in [-0.1, -0.05) is 31.2 Å². The molecule has 3 rings (SSSR count). The molecule has 0 radical (unpaired) electrons. The number of fused-ring (bicyclic) bond motifs is 1. The summed E-state index contributed by atoms with van der Waals surface area (Å²) < 4.78 is 0. The van der Waals surface area contributed by atoms with E-state index in [-0.39, 0.29) is 0 Å². The van der Waals surface area contributed by atoms with Crippen molar-refractivity contribution >= 4 is 0 Å². The second-order valence-electron chi connectivity index (χ2n) is 6.76. The molecule has 110 valence electrons. The molecule has 1 N–H and O–H groups in total. The molecule has 0 aromatic heterocycles. The molecule has 1 aliphatic carbocycles. The van der Waals surface area contributed by atoms with E-state index < -0.39 is 0 Å². The Morgan fingerprint density at radius 3 is 2.60 bits per heavy atom. The first-order valence-electron chi connectivity index (χ1n) is 8.26. The van der Waals surface area contributed by atoms with Crippen LogP contribution in [0.15, 0.2) is 24.3 Å². The van der Waals surface area contributed by atoms with Crippen molar-refractivity contribution in [2.24, 2.45) is 5.92 Å². The molecule has 1 saturated carbocycles. The highest BCUT2D eigenvalue weighted by Gasteiger charge is 2.29. The van der Waals surface area contributed by atoms with Crippen LogP contribution in [0.3, 0.4) is 0 Å². The van der Waals surface area contributed by atoms with Gasteiger partial charge in [-0.15, -0.1) is 0 Å². The number of hydrogen-bond donors (Lipinski definition) is 1. The Hall–Kier alpha value is -0.860. The highest BCUT2D eigenvalue weighted by atomic mass is 15.2. The summed E-state index contributed by atoms with van der Waals surface area (Å²) in [5.74, 6) is 0.933. The zero-order chi connectivity index (χ0) is 13.9. The fourth-order valence-electron chi connectivity index (χ4n) is 3.96. The molecule has 1 heterocycles. The topological polar surface area (TPSA) is 15.3 Å². The molecule has 1 aromatic rings. The number of rotatable bonds is 2. The molecule has 1 unspecified atom stereocenters. The summed E-state index contributed by atoms with van der Waals surface area (Å²) in [7, 11) is 2.35. The summed E-state index contributed by atoms with van der Waals surface area (Å²) in [6, 6.07) is 10.4. The van der Waals surface area contributed by atoms with Gasteiger partial charge in [0.25, 0.3) is 0 Å². The van der Waals surface area contributed by atoms with E-state index in [1.807, 2.05) is 0 Å². The summed E-state index contributed by atoms with van der Waals surface area (Å²) in [6.07, 6.45) is 6.80. The van der Waals surface area contributed by atoms with Crippen LogP contribution in [-0.2, 0) is 6.54 Å². The van der Waals surface area contributed by atoms with Gasteiger partial charge >= 0.3 is 0 Å². The van der Waals surface area contributed by atoms with Gasteiger partial charge in [0.1, 0.15) is 0 Å². The Bertz CT molecular complexity index is 435. The van der Waals surface area contributed by atoms with Crippen molar-refractivity contribution in [3.05, 3.63) is 35.4 Å². The predicted octanol–water partition coefficient (Wildman–Crippen LogP) is 3.73. The molecule has 1 aromatic carbocycles. The monoisotopic (exact) mass is 272 g/mol. The molecule has 0 saturated heterocycles. The van der Waals surface area contributed by atoms with Crippen LogP contribution < -0.4 is 5.32 Å². The van der Waals surface area contributed by atoms with Crippen molar-refractivity contribution in [3.63, 3.8) is 0 Å². The third-order valence-corrected chi connectivity index (χ3v) is 5.38. The average Bonchev–Trinajstić information content (AvgIpc) is 2.69. The van der Waals surface area contributed by atoms with Crippen LogP contribution in [0.1, 0.15) is 56.2 Å². The normalized spacial score (nSPS) is 30.9. The Labute approximate surface area is 123 Å². The van der Waals surface area contributed by atoms with Crippen molar-refractivity contribution < 1.29 is 0 Å². The smallest absolute Gasteiger partial charge is 0.0363 e. The van der Waals surface area contributed by atoms with Crippen LogP contribution in [-0.4, -0.2) is 24.5 Å². The highest BCUT2D eigenvalue weighted by molar-refractivity contribution is 5.31. The van der Waals surface area contributed by atoms with E-state index in [4.69, 9.17) is 0 Å². The number of nitrogens with one attached hydrogen (secondary N) is 1. The van der Waals surface area contributed by atoms with Crippen LogP contribution in [0.25, 0.3) is 0 Å². The van der Waals surface area contributed by atoms with Crippen LogP contribution >= 0.6 is 0 Å². The SMILES string of the molecule is CC1CCC(N(C)C2CCNCc3ccccc32)CC1. The van der Waals surface area contributed by atoms with Gasteiger partial charge < -0.3 is 5.32 Å². The van der Waals surface area contributed by atoms with Gasteiger partial charge in [0.15, 0.2) is 0 Å². The summed E-state index contributed by atoms with van der Waals surface area (Å²) in [5, 5.41) is 3.57. The number of nitrogens with zero attached hydrogens (tertiary/aromatic N) is 1. The number of hydrogen-bond acceptors (Lipinski definition) is 2. The Balaban J connectivity index is 1.78. The maximum atomic E-state index is 3.57. The molecular formula is C18H28N2. The summed E-state index contributed by atoms with van der Waals surface area (Å²) in [5.41, 5.74) is 3.05. The van der Waals surface area contributed by atoms with Crippen molar-refractivity contribution in [2.45, 2.75) is 57.7 Å². The minimum Gasteiger partial charge on any atom is -0.313 e. The Kier molecular flexibility index (Phi) is 4.42. The molecular weight excluding hydrogens is 244 g/mol. The van der Waals surface area contributed by atoms with E-state index in [0.717, 1.165) is 25.0 Å². The van der Waals surface area contributed by atoms with Crippen molar-refractivity contribution in [2.75, 3.05) is 13.6 Å². The van der Waals surface area contributed by atoms with Crippen LogP contribution in [0.5, 0.6) is 0 Å². The largest absolute Gasteiger partial charge is 0.313 e. The van der Waals surface area contributed by atoms with E-state index >= 15 is 0 Å². The van der Waals surface area contributed by atoms with Crippen LogP contribution in [0.2, 0.25) is 0 Å². The average molecular weight is 272 g/mol. The molecule has 2 heteroatoms. The van der Waals surface area contributed by atoms with Crippen LogP contribution in [0, 0.1) is 5.92 Å². The molecule has 1 fully saturated rings. The standard InChI is InChI=1S/C18H28N2/c1-14-7-9-16(10-8-14)20(2)18-11-12-19-13-15-5-3-4-6-17(15)18/h3-6,14,16,18-19H,7-13H2,1-2H3. The third-order valence-electron chi connectivity index (χ3n) is 5.38. The first-order valence-corrected chi connectivity index (χ1v) is 8.26.